The van der Waals surface area contributed by atoms with Crippen LogP contribution in [0.4, 0.5) is 0 Å². The Bertz CT molecular complexity index is 874. The second-order valence-corrected chi connectivity index (χ2v) is 4.35. The Hall–Kier alpha value is -2.76. The Balaban J connectivity index is 2.03. The molecule has 0 saturated carbocycles. The van der Waals surface area contributed by atoms with Gasteiger partial charge in [-0.25, -0.2) is 14.5 Å². The number of aromatic nitrogens is 6. The Labute approximate surface area is 108 Å². The van der Waals surface area contributed by atoms with E-state index in [0.717, 1.165) is 16.6 Å². The summed E-state index contributed by atoms with van der Waals surface area (Å²) in [5, 5.41) is 9.62. The van der Waals surface area contributed by atoms with Gasteiger partial charge < -0.3 is 0 Å². The van der Waals surface area contributed by atoms with E-state index in [1.807, 2.05) is 43.6 Å². The quantitative estimate of drug-likeness (QED) is 0.515. The van der Waals surface area contributed by atoms with E-state index >= 15 is 0 Å². The number of nitrogens with zero attached hydrogens (tertiary/aromatic N) is 6. The van der Waals surface area contributed by atoms with E-state index in [1.165, 1.54) is 0 Å². The summed E-state index contributed by atoms with van der Waals surface area (Å²) in [5.41, 5.74) is 2.45. The van der Waals surface area contributed by atoms with E-state index in [2.05, 4.69) is 20.2 Å². The first-order chi connectivity index (χ1) is 9.31. The molecule has 4 aromatic rings. The average molecular weight is 250 g/mol. The van der Waals surface area contributed by atoms with Crippen LogP contribution in [0.25, 0.3) is 28.1 Å². The van der Waals surface area contributed by atoms with E-state index in [1.54, 1.807) is 15.5 Å². The SMILES string of the molecule is Cn1cc2c(ncn3nc(-c4ccccc4)nc23)n1. The van der Waals surface area contributed by atoms with Crippen LogP contribution >= 0.6 is 0 Å². The molecule has 0 fully saturated rings. The number of fused-ring (bicyclic) bond motifs is 3. The summed E-state index contributed by atoms with van der Waals surface area (Å²) in [6, 6.07) is 9.89. The zero-order valence-corrected chi connectivity index (χ0v) is 10.2. The van der Waals surface area contributed by atoms with Crippen molar-refractivity contribution in [2.45, 2.75) is 0 Å². The first-order valence-corrected chi connectivity index (χ1v) is 5.91. The van der Waals surface area contributed by atoms with Gasteiger partial charge in [0.2, 0.25) is 0 Å². The van der Waals surface area contributed by atoms with Crippen molar-refractivity contribution in [1.29, 1.82) is 0 Å². The zero-order chi connectivity index (χ0) is 12.8. The summed E-state index contributed by atoms with van der Waals surface area (Å²) in [6.07, 6.45) is 3.55. The molecule has 4 rings (SSSR count). The van der Waals surface area contributed by atoms with E-state index in [-0.39, 0.29) is 0 Å². The van der Waals surface area contributed by atoms with Gasteiger partial charge in [0.15, 0.2) is 17.1 Å². The van der Waals surface area contributed by atoms with Crippen molar-refractivity contribution in [3.63, 3.8) is 0 Å². The van der Waals surface area contributed by atoms with Crippen molar-refractivity contribution in [2.75, 3.05) is 0 Å². The molecule has 6 nitrogen and oxygen atoms in total. The van der Waals surface area contributed by atoms with Gasteiger partial charge >= 0.3 is 0 Å². The standard InChI is InChI=1S/C13H10N6/c1-18-7-10-12(16-18)14-8-19-13(10)15-11(17-19)9-5-3-2-4-6-9/h2-8H,1H3. The van der Waals surface area contributed by atoms with Gasteiger partial charge in [-0.1, -0.05) is 30.3 Å². The fraction of sp³-hybridized carbons (Fsp3) is 0.0769. The Morgan fingerprint density at radius 1 is 1.05 bits per heavy atom. The third kappa shape index (κ3) is 1.50. The second-order valence-electron chi connectivity index (χ2n) is 4.35. The van der Waals surface area contributed by atoms with Gasteiger partial charge in [0.25, 0.3) is 0 Å². The largest absolute Gasteiger partial charge is 0.273 e. The van der Waals surface area contributed by atoms with Gasteiger partial charge in [-0.05, 0) is 0 Å². The van der Waals surface area contributed by atoms with Gasteiger partial charge in [0.1, 0.15) is 6.33 Å². The van der Waals surface area contributed by atoms with E-state index in [4.69, 9.17) is 0 Å². The Kier molecular flexibility index (Phi) is 1.94. The van der Waals surface area contributed by atoms with Gasteiger partial charge in [-0.15, -0.1) is 5.10 Å². The van der Waals surface area contributed by atoms with Crippen LogP contribution in [0.1, 0.15) is 0 Å². The maximum absolute atomic E-state index is 4.58. The lowest BCUT2D eigenvalue weighted by Crippen LogP contribution is -1.90. The first-order valence-electron chi connectivity index (χ1n) is 5.91. The molecule has 0 radical (unpaired) electrons. The van der Waals surface area contributed by atoms with Gasteiger partial charge in [0, 0.05) is 18.8 Å². The summed E-state index contributed by atoms with van der Waals surface area (Å²) in [4.78, 5) is 8.85. The highest BCUT2D eigenvalue weighted by Crippen LogP contribution is 2.19. The fourth-order valence-electron chi connectivity index (χ4n) is 2.14. The predicted molar refractivity (Wildman–Crippen MR) is 70.5 cm³/mol. The van der Waals surface area contributed by atoms with Crippen molar-refractivity contribution >= 4 is 16.7 Å². The lowest BCUT2D eigenvalue weighted by molar-refractivity contribution is 0.775. The van der Waals surface area contributed by atoms with Crippen LogP contribution < -0.4 is 0 Å². The molecule has 0 N–H and O–H groups in total. The van der Waals surface area contributed by atoms with Crippen LogP contribution in [-0.4, -0.2) is 29.4 Å². The third-order valence-electron chi connectivity index (χ3n) is 3.00. The molecule has 0 bridgehead atoms. The van der Waals surface area contributed by atoms with Gasteiger partial charge in [-0.3, -0.25) is 4.68 Å². The molecule has 0 aliphatic carbocycles. The summed E-state index contributed by atoms with van der Waals surface area (Å²) in [6.45, 7) is 0. The zero-order valence-electron chi connectivity index (χ0n) is 10.2. The lowest BCUT2D eigenvalue weighted by Gasteiger charge is -1.90. The first kappa shape index (κ1) is 10.2. The number of benzene rings is 1. The minimum absolute atomic E-state index is 0.682. The van der Waals surface area contributed by atoms with Crippen LogP contribution in [0.3, 0.4) is 0 Å². The molecule has 3 heterocycles. The molecule has 0 spiro atoms. The minimum atomic E-state index is 0.682. The highest BCUT2D eigenvalue weighted by Gasteiger charge is 2.11. The lowest BCUT2D eigenvalue weighted by atomic mass is 10.2. The summed E-state index contributed by atoms with van der Waals surface area (Å²) < 4.78 is 3.42. The van der Waals surface area contributed by atoms with Crippen molar-refractivity contribution in [3.8, 4) is 11.4 Å². The summed E-state index contributed by atoms with van der Waals surface area (Å²) in [5.74, 6) is 0.693. The average Bonchev–Trinajstić information content (AvgIpc) is 3.01. The maximum atomic E-state index is 4.58. The van der Waals surface area contributed by atoms with Crippen LogP contribution in [0.5, 0.6) is 0 Å². The Morgan fingerprint density at radius 3 is 2.74 bits per heavy atom. The highest BCUT2D eigenvalue weighted by molar-refractivity contribution is 5.88. The van der Waals surface area contributed by atoms with E-state index in [0.29, 0.717) is 11.5 Å². The highest BCUT2D eigenvalue weighted by atomic mass is 15.3. The second kappa shape index (κ2) is 3.61. The van der Waals surface area contributed by atoms with Crippen LogP contribution in [-0.2, 0) is 7.05 Å². The number of hydrogen-bond acceptors (Lipinski definition) is 4. The molecule has 0 saturated heterocycles. The molecule has 6 heteroatoms. The molecule has 0 amide bonds. The van der Waals surface area contributed by atoms with Crippen molar-refractivity contribution in [1.82, 2.24) is 29.4 Å². The Morgan fingerprint density at radius 2 is 1.89 bits per heavy atom. The maximum Gasteiger partial charge on any atom is 0.186 e. The van der Waals surface area contributed by atoms with Gasteiger partial charge in [0.05, 0.1) is 5.39 Å². The monoisotopic (exact) mass is 250 g/mol. The normalized spacial score (nSPS) is 11.4. The molecule has 92 valence electrons. The molecule has 19 heavy (non-hydrogen) atoms. The summed E-state index contributed by atoms with van der Waals surface area (Å²) in [7, 11) is 1.87. The van der Waals surface area contributed by atoms with Crippen LogP contribution in [0.15, 0.2) is 42.9 Å². The van der Waals surface area contributed by atoms with Crippen LogP contribution in [0, 0.1) is 0 Å². The molecule has 1 aromatic carbocycles. The number of hydrogen-bond donors (Lipinski definition) is 0. The number of aryl methyl sites for hydroxylation is 1. The van der Waals surface area contributed by atoms with Crippen molar-refractivity contribution in [3.05, 3.63) is 42.9 Å². The topological polar surface area (TPSA) is 60.9 Å². The molecule has 0 aliphatic rings. The predicted octanol–water partition coefficient (Wildman–Crippen LogP) is 1.68. The van der Waals surface area contributed by atoms with Crippen molar-refractivity contribution in [2.24, 2.45) is 7.05 Å². The van der Waals surface area contributed by atoms with Crippen molar-refractivity contribution < 1.29 is 0 Å². The minimum Gasteiger partial charge on any atom is -0.273 e. The third-order valence-corrected chi connectivity index (χ3v) is 3.00. The summed E-state index contributed by atoms with van der Waals surface area (Å²) >= 11 is 0. The molecule has 0 atom stereocenters. The molecular weight excluding hydrogens is 240 g/mol. The van der Waals surface area contributed by atoms with E-state index in [9.17, 15) is 0 Å². The van der Waals surface area contributed by atoms with E-state index < -0.39 is 0 Å². The molecule has 3 aromatic heterocycles. The fourth-order valence-corrected chi connectivity index (χ4v) is 2.14. The molecule has 0 unspecified atom stereocenters. The molecular formula is C13H10N6. The smallest absolute Gasteiger partial charge is 0.186 e. The van der Waals surface area contributed by atoms with Crippen LogP contribution in [0.2, 0.25) is 0 Å². The van der Waals surface area contributed by atoms with Gasteiger partial charge in [-0.2, -0.15) is 5.10 Å². The molecule has 0 aliphatic heterocycles. The number of rotatable bonds is 1.